The van der Waals surface area contributed by atoms with E-state index in [4.69, 9.17) is 0 Å². The second kappa shape index (κ2) is 8.39. The fraction of sp³-hybridized carbons (Fsp3) is 0. The third-order valence-electron chi connectivity index (χ3n) is 7.90. The lowest BCUT2D eigenvalue weighted by Gasteiger charge is -2.21. The highest BCUT2D eigenvalue weighted by molar-refractivity contribution is 9.13. The number of hydrogen-bond donors (Lipinski definition) is 0. The van der Waals surface area contributed by atoms with Crippen LogP contribution in [0.25, 0.3) is 76.8 Å². The zero-order valence-electron chi connectivity index (χ0n) is 20.3. The topological polar surface area (TPSA) is 0 Å². The molecule has 0 heterocycles. The first-order valence-corrected chi connectivity index (χ1v) is 14.3. The smallest absolute Gasteiger partial charge is 0.0324 e. The summed E-state index contributed by atoms with van der Waals surface area (Å²) in [5, 5.41) is 7.74. The number of hydrogen-bond acceptors (Lipinski definition) is 0. The lowest BCUT2D eigenvalue weighted by molar-refractivity contribution is 1.60. The first-order chi connectivity index (χ1) is 18.7. The van der Waals surface area contributed by atoms with Gasteiger partial charge in [-0.25, -0.2) is 0 Å². The Labute approximate surface area is 237 Å². The molecule has 8 rings (SSSR count). The van der Waals surface area contributed by atoms with E-state index in [-0.39, 0.29) is 0 Å². The molecule has 0 aromatic heterocycles. The van der Waals surface area contributed by atoms with Gasteiger partial charge in [-0.1, -0.05) is 103 Å². The summed E-state index contributed by atoms with van der Waals surface area (Å²) in [7, 11) is 0. The van der Waals surface area contributed by atoms with Crippen LogP contribution in [-0.2, 0) is 0 Å². The standard InChI is InChI=1S/C36H20Br2/c37-30-19-27-28(20-31(30)38)33(22-12-5-2-6-13-22)36-29-18-23-14-7-8-15-24(23)25-16-9-17-26(34(25)29)35(36)32(27)21-10-3-1-4-11-21/h1-20H. The highest BCUT2D eigenvalue weighted by Crippen LogP contribution is 2.59. The molecule has 0 N–H and O–H groups in total. The molecule has 0 nitrogen and oxygen atoms in total. The summed E-state index contributed by atoms with van der Waals surface area (Å²) in [5.41, 5.74) is 10.3. The molecule has 0 atom stereocenters. The fourth-order valence-corrected chi connectivity index (χ4v) is 7.08. The molecular formula is C36H20Br2. The molecule has 7 aromatic rings. The maximum absolute atomic E-state index is 3.83. The molecule has 0 saturated heterocycles. The average Bonchev–Trinajstić information content (AvgIpc) is 3.28. The summed E-state index contributed by atoms with van der Waals surface area (Å²) in [4.78, 5) is 0. The average molecular weight is 612 g/mol. The lowest BCUT2D eigenvalue weighted by Crippen LogP contribution is -1.94. The normalized spacial score (nSPS) is 11.9. The van der Waals surface area contributed by atoms with E-state index in [1.54, 1.807) is 0 Å². The van der Waals surface area contributed by atoms with E-state index in [1.807, 2.05) is 0 Å². The van der Waals surface area contributed by atoms with Gasteiger partial charge in [-0.15, -0.1) is 0 Å². The maximum atomic E-state index is 3.83. The van der Waals surface area contributed by atoms with Crippen LogP contribution in [0.1, 0.15) is 0 Å². The van der Waals surface area contributed by atoms with Crippen LogP contribution in [0.5, 0.6) is 0 Å². The van der Waals surface area contributed by atoms with Crippen molar-refractivity contribution in [1.29, 1.82) is 0 Å². The minimum absolute atomic E-state index is 1.06. The quantitative estimate of drug-likeness (QED) is 0.171. The Morgan fingerprint density at radius 3 is 1.53 bits per heavy atom. The molecule has 0 bridgehead atoms. The molecule has 0 spiro atoms. The van der Waals surface area contributed by atoms with Crippen molar-refractivity contribution in [2.24, 2.45) is 0 Å². The van der Waals surface area contributed by atoms with E-state index in [9.17, 15) is 0 Å². The van der Waals surface area contributed by atoms with Crippen LogP contribution >= 0.6 is 31.9 Å². The van der Waals surface area contributed by atoms with Crippen molar-refractivity contribution in [1.82, 2.24) is 0 Å². The number of rotatable bonds is 2. The van der Waals surface area contributed by atoms with E-state index < -0.39 is 0 Å². The van der Waals surface area contributed by atoms with Crippen molar-refractivity contribution in [3.63, 3.8) is 0 Å². The van der Waals surface area contributed by atoms with Crippen LogP contribution in [0.15, 0.2) is 130 Å². The Balaban J connectivity index is 1.68. The first-order valence-electron chi connectivity index (χ1n) is 12.8. The molecule has 0 saturated carbocycles. The predicted molar refractivity (Wildman–Crippen MR) is 170 cm³/mol. The SMILES string of the molecule is Brc1cc2c(-c3ccccc3)c3c(c(-c4ccccc4)c2cc1Br)-c1cc2ccccc2c2cccc-3c12. The highest BCUT2D eigenvalue weighted by Gasteiger charge is 2.31. The first kappa shape index (κ1) is 22.3. The molecule has 7 aromatic carbocycles. The molecule has 0 unspecified atom stereocenters. The van der Waals surface area contributed by atoms with Crippen LogP contribution in [0.4, 0.5) is 0 Å². The summed E-state index contributed by atoms with van der Waals surface area (Å²) in [5.74, 6) is 0. The van der Waals surface area contributed by atoms with Crippen molar-refractivity contribution in [2.45, 2.75) is 0 Å². The van der Waals surface area contributed by atoms with Gasteiger partial charge in [-0.3, -0.25) is 0 Å². The molecule has 0 amide bonds. The van der Waals surface area contributed by atoms with Gasteiger partial charge in [0.25, 0.3) is 0 Å². The van der Waals surface area contributed by atoms with Crippen LogP contribution in [0.3, 0.4) is 0 Å². The molecule has 38 heavy (non-hydrogen) atoms. The Kier molecular flexibility index (Phi) is 4.92. The maximum Gasteiger partial charge on any atom is 0.0324 e. The Hall–Kier alpha value is -3.72. The fourth-order valence-electron chi connectivity index (χ4n) is 6.40. The Morgan fingerprint density at radius 1 is 0.368 bits per heavy atom. The van der Waals surface area contributed by atoms with Crippen molar-refractivity contribution in [3.8, 4) is 44.5 Å². The monoisotopic (exact) mass is 610 g/mol. The van der Waals surface area contributed by atoms with Crippen LogP contribution < -0.4 is 0 Å². The highest BCUT2D eigenvalue weighted by atomic mass is 79.9. The van der Waals surface area contributed by atoms with E-state index in [0.29, 0.717) is 0 Å². The summed E-state index contributed by atoms with van der Waals surface area (Å²) >= 11 is 7.65. The zero-order chi connectivity index (χ0) is 25.4. The molecule has 2 heteroatoms. The van der Waals surface area contributed by atoms with E-state index in [0.717, 1.165) is 8.95 Å². The minimum atomic E-state index is 1.06. The Bertz CT molecular complexity index is 2070. The van der Waals surface area contributed by atoms with Gasteiger partial charge in [0.05, 0.1) is 0 Å². The van der Waals surface area contributed by atoms with Gasteiger partial charge in [0.15, 0.2) is 0 Å². The van der Waals surface area contributed by atoms with E-state index >= 15 is 0 Å². The molecule has 0 fully saturated rings. The lowest BCUT2D eigenvalue weighted by atomic mass is 9.82. The summed E-state index contributed by atoms with van der Waals surface area (Å²) in [6.45, 7) is 0. The van der Waals surface area contributed by atoms with Gasteiger partial charge in [0.1, 0.15) is 0 Å². The van der Waals surface area contributed by atoms with Crippen molar-refractivity contribution in [3.05, 3.63) is 130 Å². The van der Waals surface area contributed by atoms with Crippen LogP contribution in [0.2, 0.25) is 0 Å². The molecule has 1 aliphatic rings. The predicted octanol–water partition coefficient (Wildman–Crippen LogP) is 11.7. The Morgan fingerprint density at radius 2 is 0.895 bits per heavy atom. The number of benzene rings is 7. The van der Waals surface area contributed by atoms with Gasteiger partial charge in [0, 0.05) is 8.95 Å². The second-order valence-corrected chi connectivity index (χ2v) is 11.6. The van der Waals surface area contributed by atoms with Crippen molar-refractivity contribution >= 4 is 64.2 Å². The van der Waals surface area contributed by atoms with Crippen LogP contribution in [-0.4, -0.2) is 0 Å². The molecule has 1 aliphatic carbocycles. The van der Waals surface area contributed by atoms with Gasteiger partial charge in [0.2, 0.25) is 0 Å². The molecule has 178 valence electrons. The van der Waals surface area contributed by atoms with Crippen molar-refractivity contribution in [2.75, 3.05) is 0 Å². The second-order valence-electron chi connectivity index (χ2n) is 9.92. The third-order valence-corrected chi connectivity index (χ3v) is 9.74. The van der Waals surface area contributed by atoms with Gasteiger partial charge < -0.3 is 0 Å². The largest absolute Gasteiger partial charge is 0.0622 e. The van der Waals surface area contributed by atoms with Gasteiger partial charge >= 0.3 is 0 Å². The summed E-state index contributed by atoms with van der Waals surface area (Å²) in [6.07, 6.45) is 0. The van der Waals surface area contributed by atoms with Crippen LogP contribution in [0, 0.1) is 0 Å². The van der Waals surface area contributed by atoms with E-state index in [1.165, 1.54) is 76.8 Å². The minimum Gasteiger partial charge on any atom is -0.0622 e. The summed E-state index contributed by atoms with van der Waals surface area (Å²) < 4.78 is 2.11. The van der Waals surface area contributed by atoms with Gasteiger partial charge in [-0.05, 0) is 127 Å². The number of fused-ring (bicyclic) bond motifs is 6. The molecular weight excluding hydrogens is 592 g/mol. The third kappa shape index (κ3) is 3.08. The zero-order valence-corrected chi connectivity index (χ0v) is 23.5. The molecule has 0 aliphatic heterocycles. The van der Waals surface area contributed by atoms with Crippen molar-refractivity contribution < 1.29 is 0 Å². The summed E-state index contributed by atoms with van der Waals surface area (Å²) in [6, 6.07) is 44.3. The molecule has 0 radical (unpaired) electrons. The van der Waals surface area contributed by atoms with Gasteiger partial charge in [-0.2, -0.15) is 0 Å². The number of halogens is 2. The van der Waals surface area contributed by atoms with E-state index in [2.05, 4.69) is 153 Å².